The van der Waals surface area contributed by atoms with Crippen LogP contribution in [0, 0.1) is 0 Å². The van der Waals surface area contributed by atoms with E-state index >= 15 is 0 Å². The minimum absolute atomic E-state index is 0.0122. The Bertz CT molecular complexity index is 552. The molecule has 1 heterocycles. The topological polar surface area (TPSA) is 42.2 Å². The molecule has 0 atom stereocenters. The Morgan fingerprint density at radius 3 is 2.10 bits per heavy atom. The average Bonchev–Trinajstić information content (AvgIpc) is 2.36. The third-order valence-corrected chi connectivity index (χ3v) is 4.48. The van der Waals surface area contributed by atoms with E-state index in [1.165, 1.54) is 19.3 Å². The first-order valence-corrected chi connectivity index (χ1v) is 8.11. The predicted molar refractivity (Wildman–Crippen MR) is 86.8 cm³/mol. The van der Waals surface area contributed by atoms with Crippen LogP contribution >= 0.6 is 0 Å². The molecule has 21 heavy (non-hydrogen) atoms. The lowest BCUT2D eigenvalue weighted by Crippen LogP contribution is -2.38. The van der Waals surface area contributed by atoms with Crippen molar-refractivity contribution in [2.75, 3.05) is 0 Å². The van der Waals surface area contributed by atoms with Crippen molar-refractivity contribution in [3.8, 4) is 0 Å². The van der Waals surface area contributed by atoms with Crippen molar-refractivity contribution in [1.82, 2.24) is 4.57 Å². The Morgan fingerprint density at radius 1 is 1.05 bits per heavy atom. The molecule has 0 radical (unpaired) electrons. The van der Waals surface area contributed by atoms with Gasteiger partial charge in [-0.3, -0.25) is 4.79 Å². The van der Waals surface area contributed by atoms with Gasteiger partial charge in [-0.1, -0.05) is 40.0 Å². The van der Waals surface area contributed by atoms with E-state index in [1.807, 2.05) is 16.7 Å². The van der Waals surface area contributed by atoms with Gasteiger partial charge in [-0.25, -0.2) is 0 Å². The molecule has 2 rings (SSSR count). The molecule has 0 aromatic carbocycles. The molecule has 1 fully saturated rings. The van der Waals surface area contributed by atoms with E-state index in [0.717, 1.165) is 18.5 Å². The van der Waals surface area contributed by atoms with Crippen LogP contribution in [0.3, 0.4) is 0 Å². The zero-order chi connectivity index (χ0) is 15.8. The van der Waals surface area contributed by atoms with Gasteiger partial charge in [0, 0.05) is 22.7 Å². The van der Waals surface area contributed by atoms with Crippen LogP contribution in [0.5, 0.6) is 0 Å². The van der Waals surface area contributed by atoms with E-state index in [-0.39, 0.29) is 17.0 Å². The first-order valence-electron chi connectivity index (χ1n) is 8.11. The van der Waals surface area contributed by atoms with Crippen molar-refractivity contribution in [1.29, 1.82) is 0 Å². The van der Waals surface area contributed by atoms with Crippen molar-refractivity contribution in [3.63, 3.8) is 0 Å². The summed E-state index contributed by atoms with van der Waals surface area (Å²) in [5.41, 5.74) is 0.397. The van der Waals surface area contributed by atoms with Gasteiger partial charge in [-0.2, -0.15) is 0 Å². The number of aliphatic hydroxyl groups is 1. The highest BCUT2D eigenvalue weighted by atomic mass is 16.3. The molecule has 0 saturated heterocycles. The largest absolute Gasteiger partial charge is 0.386 e. The standard InChI is InChI=1S/C18H29NO2/c1-17(2,3)15-12-11-14(18(4,5)21)16(20)19(15)13-9-7-6-8-10-13/h11-13,21H,6-10H2,1-5H3. The van der Waals surface area contributed by atoms with E-state index in [1.54, 1.807) is 13.8 Å². The molecular weight excluding hydrogens is 262 g/mol. The summed E-state index contributed by atoms with van der Waals surface area (Å²) in [6.45, 7) is 9.80. The van der Waals surface area contributed by atoms with Gasteiger partial charge in [0.2, 0.25) is 0 Å². The number of aromatic nitrogens is 1. The van der Waals surface area contributed by atoms with Crippen LogP contribution < -0.4 is 5.56 Å². The molecule has 1 aliphatic carbocycles. The summed E-state index contributed by atoms with van der Waals surface area (Å²) in [5, 5.41) is 10.3. The summed E-state index contributed by atoms with van der Waals surface area (Å²) in [6, 6.07) is 4.12. The third kappa shape index (κ3) is 3.39. The first-order chi connectivity index (χ1) is 9.62. The van der Waals surface area contributed by atoms with E-state index in [0.29, 0.717) is 5.56 Å². The summed E-state index contributed by atoms with van der Waals surface area (Å²) >= 11 is 0. The molecule has 1 saturated carbocycles. The zero-order valence-corrected chi connectivity index (χ0v) is 14.1. The van der Waals surface area contributed by atoms with Crippen molar-refractivity contribution in [2.45, 2.75) is 83.8 Å². The lowest BCUT2D eigenvalue weighted by Gasteiger charge is -2.33. The lowest BCUT2D eigenvalue weighted by atomic mass is 9.87. The average molecular weight is 291 g/mol. The summed E-state index contributed by atoms with van der Waals surface area (Å²) < 4.78 is 1.98. The lowest BCUT2D eigenvalue weighted by molar-refractivity contribution is 0.0759. The quantitative estimate of drug-likeness (QED) is 0.898. The van der Waals surface area contributed by atoms with Crippen LogP contribution in [0.25, 0.3) is 0 Å². The maximum Gasteiger partial charge on any atom is 0.257 e. The van der Waals surface area contributed by atoms with Crippen molar-refractivity contribution >= 4 is 0 Å². The van der Waals surface area contributed by atoms with Crippen molar-refractivity contribution in [3.05, 3.63) is 33.7 Å². The summed E-state index contributed by atoms with van der Waals surface area (Å²) in [5.74, 6) is 0. The number of pyridine rings is 1. The first kappa shape index (κ1) is 16.3. The van der Waals surface area contributed by atoms with Crippen LogP contribution in [0.15, 0.2) is 16.9 Å². The third-order valence-electron chi connectivity index (χ3n) is 4.48. The SMILES string of the molecule is CC(C)(C)c1ccc(C(C)(C)O)c(=O)n1C1CCCCC1. The van der Waals surface area contributed by atoms with E-state index in [2.05, 4.69) is 20.8 Å². The fourth-order valence-corrected chi connectivity index (χ4v) is 3.33. The normalized spacial score (nSPS) is 18.0. The van der Waals surface area contributed by atoms with Crippen molar-refractivity contribution in [2.24, 2.45) is 0 Å². The van der Waals surface area contributed by atoms with Crippen LogP contribution in [0.1, 0.15) is 84.0 Å². The molecule has 118 valence electrons. The van der Waals surface area contributed by atoms with Gasteiger partial charge < -0.3 is 9.67 Å². The Kier molecular flexibility index (Phi) is 4.34. The van der Waals surface area contributed by atoms with Crippen LogP contribution in [0.2, 0.25) is 0 Å². The van der Waals surface area contributed by atoms with E-state index < -0.39 is 5.60 Å². The fourth-order valence-electron chi connectivity index (χ4n) is 3.33. The second kappa shape index (κ2) is 5.60. The van der Waals surface area contributed by atoms with Crippen LogP contribution in [-0.2, 0) is 11.0 Å². The molecule has 1 aromatic rings. The summed E-state index contributed by atoms with van der Waals surface area (Å²) in [6.07, 6.45) is 5.78. The molecule has 3 heteroatoms. The highest BCUT2D eigenvalue weighted by molar-refractivity contribution is 5.25. The number of hydrogen-bond acceptors (Lipinski definition) is 2. The van der Waals surface area contributed by atoms with Gasteiger partial charge in [0.25, 0.3) is 5.56 Å². The Morgan fingerprint density at radius 2 is 1.62 bits per heavy atom. The molecule has 3 nitrogen and oxygen atoms in total. The zero-order valence-electron chi connectivity index (χ0n) is 14.1. The number of rotatable bonds is 2. The molecule has 0 bridgehead atoms. The highest BCUT2D eigenvalue weighted by Gasteiger charge is 2.29. The monoisotopic (exact) mass is 291 g/mol. The van der Waals surface area contributed by atoms with Crippen LogP contribution in [0.4, 0.5) is 0 Å². The predicted octanol–water partition coefficient (Wildman–Crippen LogP) is 3.88. The Balaban J connectivity index is 2.64. The molecule has 1 N–H and O–H groups in total. The van der Waals surface area contributed by atoms with Gasteiger partial charge in [-0.05, 0) is 38.8 Å². The number of hydrogen-bond donors (Lipinski definition) is 1. The summed E-state index contributed by atoms with van der Waals surface area (Å²) in [4.78, 5) is 13.0. The highest BCUT2D eigenvalue weighted by Crippen LogP contribution is 2.32. The molecule has 0 unspecified atom stereocenters. The summed E-state index contributed by atoms with van der Waals surface area (Å²) in [7, 11) is 0. The molecule has 1 aromatic heterocycles. The van der Waals surface area contributed by atoms with Gasteiger partial charge in [0.1, 0.15) is 0 Å². The van der Waals surface area contributed by atoms with E-state index in [4.69, 9.17) is 0 Å². The number of nitrogens with zero attached hydrogens (tertiary/aromatic N) is 1. The van der Waals surface area contributed by atoms with Crippen molar-refractivity contribution < 1.29 is 5.11 Å². The molecule has 0 spiro atoms. The fraction of sp³-hybridized carbons (Fsp3) is 0.722. The molecule has 1 aliphatic rings. The maximum atomic E-state index is 13.0. The minimum Gasteiger partial charge on any atom is -0.386 e. The molecule has 0 aliphatic heterocycles. The molecule has 0 amide bonds. The second-order valence-corrected chi connectivity index (χ2v) is 7.91. The smallest absolute Gasteiger partial charge is 0.257 e. The van der Waals surface area contributed by atoms with Gasteiger partial charge in [0.15, 0.2) is 0 Å². The van der Waals surface area contributed by atoms with Crippen LogP contribution in [-0.4, -0.2) is 9.67 Å². The van der Waals surface area contributed by atoms with Gasteiger partial charge in [-0.15, -0.1) is 0 Å². The minimum atomic E-state index is -1.09. The maximum absolute atomic E-state index is 13.0. The molecular formula is C18H29NO2. The van der Waals surface area contributed by atoms with Gasteiger partial charge in [0.05, 0.1) is 5.60 Å². The second-order valence-electron chi connectivity index (χ2n) is 7.91. The van der Waals surface area contributed by atoms with E-state index in [9.17, 15) is 9.90 Å². The Hall–Kier alpha value is -1.09. The van der Waals surface area contributed by atoms with Gasteiger partial charge >= 0.3 is 0 Å². The Labute approximate surface area is 128 Å².